The largest absolute Gasteiger partial charge is 0.384 e. The average molecular weight is 257 g/mol. The van der Waals surface area contributed by atoms with Crippen LogP contribution in [0.4, 0.5) is 5.82 Å². The van der Waals surface area contributed by atoms with Gasteiger partial charge in [-0.25, -0.2) is 4.98 Å². The fourth-order valence-corrected chi connectivity index (χ4v) is 2.30. The normalized spacial score (nSPS) is 12.6. The number of nitrogens with two attached hydrogens (primary N) is 1. The summed E-state index contributed by atoms with van der Waals surface area (Å²) in [5.74, 6) is 2.33. The molecule has 2 N–H and O–H groups in total. The first-order valence-electron chi connectivity index (χ1n) is 7.06. The molecular formula is C16H23N3. The maximum Gasteiger partial charge on any atom is 0.127 e. The second-order valence-electron chi connectivity index (χ2n) is 5.03. The van der Waals surface area contributed by atoms with Crippen LogP contribution in [-0.4, -0.2) is 9.55 Å². The van der Waals surface area contributed by atoms with Crippen molar-refractivity contribution in [1.82, 2.24) is 9.55 Å². The summed E-state index contributed by atoms with van der Waals surface area (Å²) in [5.41, 5.74) is 8.62. The van der Waals surface area contributed by atoms with E-state index in [4.69, 9.17) is 10.7 Å². The van der Waals surface area contributed by atoms with Crippen molar-refractivity contribution in [3.63, 3.8) is 0 Å². The number of nitrogens with zero attached hydrogens (tertiary/aromatic N) is 2. The summed E-state index contributed by atoms with van der Waals surface area (Å²) in [5, 5.41) is 0. The molecule has 1 aromatic carbocycles. The van der Waals surface area contributed by atoms with E-state index in [1.165, 1.54) is 5.56 Å². The molecule has 0 aliphatic carbocycles. The minimum absolute atomic E-state index is 0.419. The zero-order valence-corrected chi connectivity index (χ0v) is 12.1. The lowest BCUT2D eigenvalue weighted by atomic mass is 10.1. The van der Waals surface area contributed by atoms with Crippen molar-refractivity contribution in [2.75, 3.05) is 5.73 Å². The number of rotatable bonds is 5. The van der Waals surface area contributed by atoms with Crippen LogP contribution < -0.4 is 5.73 Å². The second-order valence-corrected chi connectivity index (χ2v) is 5.03. The van der Waals surface area contributed by atoms with Gasteiger partial charge in [-0.3, -0.25) is 0 Å². The van der Waals surface area contributed by atoms with Gasteiger partial charge >= 0.3 is 0 Å². The molecule has 3 heteroatoms. The monoisotopic (exact) mass is 257 g/mol. The molecule has 19 heavy (non-hydrogen) atoms. The number of aromatic nitrogens is 2. The van der Waals surface area contributed by atoms with Crippen LogP contribution in [0.3, 0.4) is 0 Å². The van der Waals surface area contributed by atoms with Gasteiger partial charge in [-0.1, -0.05) is 51.1 Å². The molecule has 0 aliphatic rings. The predicted octanol–water partition coefficient (Wildman–Crippen LogP) is 3.59. The first kappa shape index (κ1) is 13.7. The highest BCUT2D eigenvalue weighted by atomic mass is 15.1. The summed E-state index contributed by atoms with van der Waals surface area (Å²) in [7, 11) is 0. The summed E-state index contributed by atoms with van der Waals surface area (Å²) < 4.78 is 2.15. The maximum absolute atomic E-state index is 6.30. The summed E-state index contributed by atoms with van der Waals surface area (Å²) >= 11 is 0. The van der Waals surface area contributed by atoms with Gasteiger partial charge in [0.2, 0.25) is 0 Å². The van der Waals surface area contributed by atoms with Crippen molar-refractivity contribution in [2.45, 2.75) is 46.1 Å². The fraction of sp³-hybridized carbons (Fsp3) is 0.438. The summed E-state index contributed by atoms with van der Waals surface area (Å²) in [6, 6.07) is 10.4. The Labute approximate surface area is 115 Å². The minimum Gasteiger partial charge on any atom is -0.384 e. The van der Waals surface area contributed by atoms with E-state index in [0.717, 1.165) is 36.7 Å². The molecule has 1 unspecified atom stereocenters. The molecule has 0 fully saturated rings. The van der Waals surface area contributed by atoms with Gasteiger partial charge in [0.05, 0.1) is 12.2 Å². The minimum atomic E-state index is 0.419. The molecule has 0 saturated carbocycles. The van der Waals surface area contributed by atoms with Crippen molar-refractivity contribution in [1.29, 1.82) is 0 Å². The molecule has 0 radical (unpaired) electrons. The Morgan fingerprint density at radius 1 is 1.21 bits per heavy atom. The summed E-state index contributed by atoms with van der Waals surface area (Å²) in [6.45, 7) is 7.29. The summed E-state index contributed by atoms with van der Waals surface area (Å²) in [4.78, 5) is 4.73. The summed E-state index contributed by atoms with van der Waals surface area (Å²) in [6.07, 6.45) is 1.98. The third-order valence-electron chi connectivity index (χ3n) is 3.69. The lowest BCUT2D eigenvalue weighted by molar-refractivity contribution is 0.712. The van der Waals surface area contributed by atoms with E-state index < -0.39 is 0 Å². The molecule has 102 valence electrons. The molecule has 1 aromatic heterocycles. The van der Waals surface area contributed by atoms with Crippen LogP contribution in [0, 0.1) is 0 Å². The number of anilines is 1. The van der Waals surface area contributed by atoms with Crippen LogP contribution in [0.5, 0.6) is 0 Å². The molecule has 2 aromatic rings. The second kappa shape index (κ2) is 5.91. The fourth-order valence-electron chi connectivity index (χ4n) is 2.30. The number of aryl methyl sites for hydroxylation is 1. The third-order valence-corrected chi connectivity index (χ3v) is 3.69. The molecule has 0 spiro atoms. The molecule has 0 bridgehead atoms. The average Bonchev–Trinajstić information content (AvgIpc) is 2.76. The van der Waals surface area contributed by atoms with Crippen LogP contribution in [0.25, 0.3) is 0 Å². The standard InChI is InChI=1S/C16H23N3/c1-4-12(3)15-16(17)19(14(5-2)18-15)11-13-9-7-6-8-10-13/h6-10,12H,4-5,11,17H2,1-3H3. The van der Waals surface area contributed by atoms with Crippen LogP contribution in [0.15, 0.2) is 30.3 Å². The Balaban J connectivity index is 2.36. The first-order valence-corrected chi connectivity index (χ1v) is 7.06. The zero-order valence-electron chi connectivity index (χ0n) is 12.1. The van der Waals surface area contributed by atoms with Gasteiger partial charge in [0.15, 0.2) is 0 Å². The zero-order chi connectivity index (χ0) is 13.8. The van der Waals surface area contributed by atoms with Gasteiger partial charge in [-0.2, -0.15) is 0 Å². The van der Waals surface area contributed by atoms with E-state index >= 15 is 0 Å². The number of benzene rings is 1. The quantitative estimate of drug-likeness (QED) is 0.889. The van der Waals surface area contributed by atoms with Crippen LogP contribution >= 0.6 is 0 Å². The van der Waals surface area contributed by atoms with E-state index in [9.17, 15) is 0 Å². The van der Waals surface area contributed by atoms with E-state index in [1.807, 2.05) is 6.07 Å². The lowest BCUT2D eigenvalue weighted by Crippen LogP contribution is -2.08. The molecule has 0 amide bonds. The van der Waals surface area contributed by atoms with Crippen molar-refractivity contribution >= 4 is 5.82 Å². The van der Waals surface area contributed by atoms with Gasteiger partial charge in [-0.05, 0) is 12.0 Å². The smallest absolute Gasteiger partial charge is 0.127 e. The number of hydrogen-bond donors (Lipinski definition) is 1. The van der Waals surface area contributed by atoms with Crippen LogP contribution in [0.2, 0.25) is 0 Å². The molecule has 0 saturated heterocycles. The highest BCUT2D eigenvalue weighted by Gasteiger charge is 2.17. The van der Waals surface area contributed by atoms with Crippen LogP contribution in [0.1, 0.15) is 50.2 Å². The van der Waals surface area contributed by atoms with E-state index in [1.54, 1.807) is 0 Å². The molecular weight excluding hydrogens is 234 g/mol. The van der Waals surface area contributed by atoms with Gasteiger partial charge in [0, 0.05) is 12.3 Å². The molecule has 2 rings (SSSR count). The number of hydrogen-bond acceptors (Lipinski definition) is 2. The van der Waals surface area contributed by atoms with Gasteiger partial charge < -0.3 is 10.3 Å². The Morgan fingerprint density at radius 2 is 1.89 bits per heavy atom. The molecule has 1 heterocycles. The highest BCUT2D eigenvalue weighted by molar-refractivity contribution is 5.41. The third kappa shape index (κ3) is 2.80. The Hall–Kier alpha value is -1.77. The van der Waals surface area contributed by atoms with E-state index in [0.29, 0.717) is 5.92 Å². The van der Waals surface area contributed by atoms with Gasteiger partial charge in [0.1, 0.15) is 11.6 Å². The van der Waals surface area contributed by atoms with Crippen molar-refractivity contribution < 1.29 is 0 Å². The predicted molar refractivity (Wildman–Crippen MR) is 80.3 cm³/mol. The van der Waals surface area contributed by atoms with E-state index in [2.05, 4.69) is 49.6 Å². The highest BCUT2D eigenvalue weighted by Crippen LogP contribution is 2.26. The Morgan fingerprint density at radius 3 is 2.47 bits per heavy atom. The van der Waals surface area contributed by atoms with Crippen molar-refractivity contribution in [2.24, 2.45) is 0 Å². The lowest BCUT2D eigenvalue weighted by Gasteiger charge is -2.10. The molecule has 3 nitrogen and oxygen atoms in total. The van der Waals surface area contributed by atoms with Gasteiger partial charge in [0.25, 0.3) is 0 Å². The van der Waals surface area contributed by atoms with Gasteiger partial charge in [-0.15, -0.1) is 0 Å². The van der Waals surface area contributed by atoms with E-state index in [-0.39, 0.29) is 0 Å². The number of imidazole rings is 1. The van der Waals surface area contributed by atoms with Crippen molar-refractivity contribution in [3.8, 4) is 0 Å². The Kier molecular flexibility index (Phi) is 4.25. The topological polar surface area (TPSA) is 43.8 Å². The Bertz CT molecular complexity index is 528. The maximum atomic E-state index is 6.30. The van der Waals surface area contributed by atoms with Crippen molar-refractivity contribution in [3.05, 3.63) is 47.4 Å². The van der Waals surface area contributed by atoms with Crippen LogP contribution in [-0.2, 0) is 13.0 Å². The number of nitrogen functional groups attached to an aromatic ring is 1. The first-order chi connectivity index (χ1) is 9.17. The SMILES string of the molecule is CCc1nc(C(C)CC)c(N)n1Cc1ccccc1. The molecule has 1 atom stereocenters. The molecule has 0 aliphatic heterocycles.